The number of halogens is 3. The van der Waals surface area contributed by atoms with Crippen LogP contribution in [0.15, 0.2) is 42.5 Å². The van der Waals surface area contributed by atoms with E-state index in [0.29, 0.717) is 12.6 Å². The minimum atomic E-state index is -4.24. The van der Waals surface area contributed by atoms with Crippen molar-refractivity contribution in [2.24, 2.45) is 0 Å². The third-order valence-corrected chi connectivity index (χ3v) is 3.30. The van der Waals surface area contributed by atoms with Gasteiger partial charge in [-0.1, -0.05) is 69.0 Å². The molecule has 1 N–H and O–H groups in total. The second-order valence-corrected chi connectivity index (χ2v) is 5.22. The van der Waals surface area contributed by atoms with Crippen molar-refractivity contribution in [2.45, 2.75) is 57.8 Å². The first kappa shape index (κ1) is 17.8. The molecule has 0 spiro atoms. The molecule has 1 aromatic rings. The number of unbranched alkanes of at least 4 members (excludes halogenated alkanes) is 3. The van der Waals surface area contributed by atoms with Crippen LogP contribution in [0, 0.1) is 0 Å². The van der Waals surface area contributed by atoms with Gasteiger partial charge in [0, 0.05) is 18.7 Å². The molecule has 0 aliphatic rings. The topological polar surface area (TPSA) is 12.0 Å². The third kappa shape index (κ3) is 9.29. The van der Waals surface area contributed by atoms with Crippen LogP contribution in [0.25, 0.3) is 0 Å². The van der Waals surface area contributed by atoms with Crippen LogP contribution >= 0.6 is 0 Å². The third-order valence-electron chi connectivity index (χ3n) is 3.30. The number of rotatable bonds is 9. The van der Waals surface area contributed by atoms with Crippen LogP contribution in [-0.4, -0.2) is 12.2 Å². The molecule has 0 aliphatic heterocycles. The van der Waals surface area contributed by atoms with Gasteiger partial charge in [-0.25, -0.2) is 0 Å². The zero-order chi connectivity index (χ0) is 15.6. The summed E-state index contributed by atoms with van der Waals surface area (Å²) in [6.45, 7) is 2.70. The van der Waals surface area contributed by atoms with E-state index in [-0.39, 0.29) is 6.04 Å². The Morgan fingerprint density at radius 3 is 2.43 bits per heavy atom. The SMILES string of the molecule is CCCCCC[C@@H](/C=C/C(F)(F)F)NCc1ccccc1. The highest BCUT2D eigenvalue weighted by Gasteiger charge is 2.22. The fraction of sp³-hybridized carbons (Fsp3) is 0.529. The molecule has 0 bridgehead atoms. The van der Waals surface area contributed by atoms with Gasteiger partial charge < -0.3 is 5.32 Å². The normalized spacial score (nSPS) is 13.7. The quantitative estimate of drug-likeness (QED) is 0.486. The maximum absolute atomic E-state index is 12.3. The van der Waals surface area contributed by atoms with E-state index in [2.05, 4.69) is 12.2 Å². The highest BCUT2D eigenvalue weighted by Crippen LogP contribution is 2.17. The molecule has 0 amide bonds. The Hall–Kier alpha value is -1.29. The molecule has 1 rings (SSSR count). The zero-order valence-electron chi connectivity index (χ0n) is 12.5. The number of benzene rings is 1. The average Bonchev–Trinajstić information content (AvgIpc) is 2.45. The van der Waals surface area contributed by atoms with Crippen molar-refractivity contribution < 1.29 is 13.2 Å². The maximum atomic E-state index is 12.3. The highest BCUT2D eigenvalue weighted by molar-refractivity contribution is 5.14. The summed E-state index contributed by atoms with van der Waals surface area (Å²) < 4.78 is 36.9. The predicted octanol–water partition coefficient (Wildman–Crippen LogP) is 5.23. The Balaban J connectivity index is 2.48. The van der Waals surface area contributed by atoms with E-state index in [1.165, 1.54) is 6.08 Å². The van der Waals surface area contributed by atoms with Crippen LogP contribution in [0.5, 0.6) is 0 Å². The minimum Gasteiger partial charge on any atom is -0.306 e. The smallest absolute Gasteiger partial charge is 0.306 e. The number of allylic oxidation sites excluding steroid dienone is 1. The van der Waals surface area contributed by atoms with E-state index in [9.17, 15) is 13.2 Å². The van der Waals surface area contributed by atoms with Crippen LogP contribution in [0.2, 0.25) is 0 Å². The molecule has 0 saturated carbocycles. The van der Waals surface area contributed by atoms with Gasteiger partial charge in [0.15, 0.2) is 0 Å². The predicted molar refractivity (Wildman–Crippen MR) is 81.0 cm³/mol. The molecule has 1 nitrogen and oxygen atoms in total. The van der Waals surface area contributed by atoms with Gasteiger partial charge in [-0.2, -0.15) is 13.2 Å². The van der Waals surface area contributed by atoms with Crippen LogP contribution in [0.1, 0.15) is 44.6 Å². The van der Waals surface area contributed by atoms with Gasteiger partial charge in [0.2, 0.25) is 0 Å². The van der Waals surface area contributed by atoms with Crippen molar-refractivity contribution >= 4 is 0 Å². The van der Waals surface area contributed by atoms with Crippen LogP contribution in [0.4, 0.5) is 13.2 Å². The lowest BCUT2D eigenvalue weighted by molar-refractivity contribution is -0.0801. The fourth-order valence-corrected chi connectivity index (χ4v) is 2.13. The summed E-state index contributed by atoms with van der Waals surface area (Å²) in [6, 6.07) is 9.49. The number of hydrogen-bond donors (Lipinski definition) is 1. The summed E-state index contributed by atoms with van der Waals surface area (Å²) in [5.74, 6) is 0. The molecule has 0 radical (unpaired) electrons. The van der Waals surface area contributed by atoms with Gasteiger partial charge in [-0.15, -0.1) is 0 Å². The molecule has 4 heteroatoms. The average molecular weight is 299 g/mol. The Morgan fingerprint density at radius 1 is 1.10 bits per heavy atom. The Kier molecular flexibility index (Phi) is 8.13. The molecular weight excluding hydrogens is 275 g/mol. The monoisotopic (exact) mass is 299 g/mol. The summed E-state index contributed by atoms with van der Waals surface area (Å²) in [5, 5.41) is 3.20. The lowest BCUT2D eigenvalue weighted by atomic mass is 10.1. The molecule has 0 aliphatic carbocycles. The first-order valence-electron chi connectivity index (χ1n) is 7.54. The lowest BCUT2D eigenvalue weighted by Gasteiger charge is -2.15. The van der Waals surface area contributed by atoms with Crippen LogP contribution in [0.3, 0.4) is 0 Å². The van der Waals surface area contributed by atoms with E-state index in [0.717, 1.165) is 37.7 Å². The maximum Gasteiger partial charge on any atom is 0.409 e. The van der Waals surface area contributed by atoms with Crippen LogP contribution < -0.4 is 5.32 Å². The van der Waals surface area contributed by atoms with Gasteiger partial charge in [0.25, 0.3) is 0 Å². The fourth-order valence-electron chi connectivity index (χ4n) is 2.13. The van der Waals surface area contributed by atoms with E-state index >= 15 is 0 Å². The molecule has 0 saturated heterocycles. The van der Waals surface area contributed by atoms with Crippen molar-refractivity contribution in [3.05, 3.63) is 48.0 Å². The number of nitrogens with one attached hydrogen (secondary N) is 1. The molecule has 1 atom stereocenters. The number of hydrogen-bond acceptors (Lipinski definition) is 1. The Labute approximate surface area is 125 Å². The number of alkyl halides is 3. The standard InChI is InChI=1S/C17H24F3N/c1-2-3-4-8-11-16(12-13-17(18,19)20)21-14-15-9-6-5-7-10-15/h5-7,9-10,12-13,16,21H,2-4,8,11,14H2,1H3/b13-12+/t16-/m0/s1. The van der Waals surface area contributed by atoms with E-state index in [1.807, 2.05) is 30.3 Å². The first-order valence-corrected chi connectivity index (χ1v) is 7.54. The summed E-state index contributed by atoms with van der Waals surface area (Å²) in [7, 11) is 0. The van der Waals surface area contributed by atoms with Gasteiger partial charge in [-0.3, -0.25) is 0 Å². The summed E-state index contributed by atoms with van der Waals surface area (Å²) in [6.07, 6.45) is 2.36. The molecule has 1 aromatic carbocycles. The first-order chi connectivity index (χ1) is 10.0. The van der Waals surface area contributed by atoms with Gasteiger partial charge in [0.1, 0.15) is 0 Å². The molecule has 0 aromatic heterocycles. The van der Waals surface area contributed by atoms with Crippen molar-refractivity contribution in [3.63, 3.8) is 0 Å². The highest BCUT2D eigenvalue weighted by atomic mass is 19.4. The lowest BCUT2D eigenvalue weighted by Crippen LogP contribution is -2.27. The minimum absolute atomic E-state index is 0.233. The van der Waals surface area contributed by atoms with Crippen molar-refractivity contribution in [2.75, 3.05) is 0 Å². The zero-order valence-corrected chi connectivity index (χ0v) is 12.5. The van der Waals surface area contributed by atoms with Crippen molar-refractivity contribution in [1.82, 2.24) is 5.32 Å². The van der Waals surface area contributed by atoms with Crippen LogP contribution in [-0.2, 0) is 6.54 Å². The van der Waals surface area contributed by atoms with Gasteiger partial charge in [-0.05, 0) is 12.0 Å². The van der Waals surface area contributed by atoms with E-state index in [1.54, 1.807) is 0 Å². The summed E-state index contributed by atoms with van der Waals surface area (Å²) in [4.78, 5) is 0. The van der Waals surface area contributed by atoms with Crippen molar-refractivity contribution in [1.29, 1.82) is 0 Å². The summed E-state index contributed by atoms with van der Waals surface area (Å²) >= 11 is 0. The van der Waals surface area contributed by atoms with Crippen molar-refractivity contribution in [3.8, 4) is 0 Å². The molecular formula is C17H24F3N. The molecule has 0 fully saturated rings. The second kappa shape index (κ2) is 9.61. The second-order valence-electron chi connectivity index (χ2n) is 5.22. The molecule has 0 heterocycles. The summed E-state index contributed by atoms with van der Waals surface area (Å²) in [5.41, 5.74) is 1.08. The Morgan fingerprint density at radius 2 is 1.81 bits per heavy atom. The van der Waals surface area contributed by atoms with Gasteiger partial charge in [0.05, 0.1) is 0 Å². The molecule has 21 heavy (non-hydrogen) atoms. The largest absolute Gasteiger partial charge is 0.409 e. The van der Waals surface area contributed by atoms with E-state index < -0.39 is 6.18 Å². The Bertz CT molecular complexity index is 398. The molecule has 0 unspecified atom stereocenters. The molecule has 118 valence electrons. The van der Waals surface area contributed by atoms with Gasteiger partial charge >= 0.3 is 6.18 Å². The van der Waals surface area contributed by atoms with E-state index in [4.69, 9.17) is 0 Å².